The highest BCUT2D eigenvalue weighted by molar-refractivity contribution is 5.33. The van der Waals surface area contributed by atoms with Gasteiger partial charge in [0.15, 0.2) is 0 Å². The zero-order valence-corrected chi connectivity index (χ0v) is 23.1. The van der Waals surface area contributed by atoms with E-state index in [1.165, 1.54) is 6.42 Å². The maximum absolute atomic E-state index is 11.9. The average molecular weight is 491 g/mol. The number of aliphatic hydroxyl groups is 4. The molecule has 5 heteroatoms. The van der Waals surface area contributed by atoms with Crippen molar-refractivity contribution in [2.45, 2.75) is 142 Å². The van der Waals surface area contributed by atoms with Crippen LogP contribution in [0.4, 0.5) is 0 Å². The molecule has 7 unspecified atom stereocenters. The summed E-state index contributed by atoms with van der Waals surface area (Å²) in [6.07, 6.45) is 7.11. The van der Waals surface area contributed by atoms with Gasteiger partial charge in [-0.3, -0.25) is 0 Å². The van der Waals surface area contributed by atoms with E-state index in [1.807, 2.05) is 13.8 Å². The van der Waals surface area contributed by atoms with E-state index in [9.17, 15) is 20.4 Å². The van der Waals surface area contributed by atoms with Crippen molar-refractivity contribution >= 4 is 0 Å². The Hall–Kier alpha value is -0.200. The van der Waals surface area contributed by atoms with Crippen molar-refractivity contribution in [2.75, 3.05) is 0 Å². The van der Waals surface area contributed by atoms with E-state index in [0.717, 1.165) is 51.4 Å². The van der Waals surface area contributed by atoms with E-state index in [2.05, 4.69) is 34.6 Å². The molecule has 5 nitrogen and oxygen atoms in total. The predicted octanol–water partition coefficient (Wildman–Crippen LogP) is 4.44. The fourth-order valence-corrected chi connectivity index (χ4v) is 12.1. The molecule has 0 aromatic carbocycles. The second-order valence-electron chi connectivity index (χ2n) is 15.9. The monoisotopic (exact) mass is 490 g/mol. The van der Waals surface area contributed by atoms with Crippen LogP contribution >= 0.6 is 0 Å². The number of fused-ring (bicyclic) bond motifs is 2. The molecule has 12 atom stereocenters. The Morgan fingerprint density at radius 2 is 1.46 bits per heavy atom. The molecule has 6 rings (SSSR count). The van der Waals surface area contributed by atoms with Gasteiger partial charge in [-0.15, -0.1) is 0 Å². The van der Waals surface area contributed by atoms with Crippen LogP contribution in [-0.2, 0) is 4.74 Å². The zero-order chi connectivity index (χ0) is 25.6. The highest BCUT2D eigenvalue weighted by Gasteiger charge is 2.85. The van der Waals surface area contributed by atoms with Crippen molar-refractivity contribution in [3.8, 4) is 0 Å². The second-order valence-corrected chi connectivity index (χ2v) is 15.9. The van der Waals surface area contributed by atoms with Gasteiger partial charge in [0.2, 0.25) is 0 Å². The third-order valence-electron chi connectivity index (χ3n) is 13.8. The molecule has 200 valence electrons. The SMILES string of the molecule is CC1(C)C(O)CC[C@]23C[C@]24CCC2(C)C([C@]5(C)CC[C@H](C(C)(C)O)O5)C(O)C[C@@]2(C)C4C(O)CC13. The molecule has 0 amide bonds. The molecular weight excluding hydrogens is 440 g/mol. The van der Waals surface area contributed by atoms with Crippen molar-refractivity contribution in [1.29, 1.82) is 0 Å². The van der Waals surface area contributed by atoms with Crippen molar-refractivity contribution < 1.29 is 25.2 Å². The fourth-order valence-electron chi connectivity index (χ4n) is 12.1. The lowest BCUT2D eigenvalue weighted by Crippen LogP contribution is -2.62. The van der Waals surface area contributed by atoms with Crippen molar-refractivity contribution in [3.05, 3.63) is 0 Å². The Morgan fingerprint density at radius 3 is 2.09 bits per heavy atom. The Balaban J connectivity index is 1.37. The highest BCUT2D eigenvalue weighted by Crippen LogP contribution is 2.89. The third-order valence-corrected chi connectivity index (χ3v) is 13.8. The van der Waals surface area contributed by atoms with E-state index in [4.69, 9.17) is 4.74 Å². The fraction of sp³-hybridized carbons (Fsp3) is 1.00. The molecule has 0 radical (unpaired) electrons. The van der Waals surface area contributed by atoms with Gasteiger partial charge in [-0.25, -0.2) is 0 Å². The van der Waals surface area contributed by atoms with Crippen LogP contribution in [-0.4, -0.2) is 56.0 Å². The van der Waals surface area contributed by atoms with Gasteiger partial charge < -0.3 is 25.2 Å². The van der Waals surface area contributed by atoms with Crippen LogP contribution in [0.3, 0.4) is 0 Å². The number of hydrogen-bond acceptors (Lipinski definition) is 5. The molecule has 2 spiro atoms. The molecule has 4 N–H and O–H groups in total. The maximum Gasteiger partial charge on any atom is 0.0865 e. The lowest BCUT2D eigenvalue weighted by molar-refractivity contribution is -0.217. The van der Waals surface area contributed by atoms with Gasteiger partial charge >= 0.3 is 0 Å². The highest BCUT2D eigenvalue weighted by atomic mass is 16.5. The standard InChI is InChI=1S/C30H50O5/c1-24(2)19-14-17(31)23-27(6)15-18(32)22(28(7)10-9-21(35-28)25(3,4)34)26(27,5)12-13-30(23)16-29(19,30)11-8-20(24)33/h17-23,31-34H,8-16H2,1-7H3/t17?,18?,19?,20?,21-,22?,23?,26?,27+,28+,29-,30+/m1/s1. The summed E-state index contributed by atoms with van der Waals surface area (Å²) in [6, 6.07) is 0. The summed E-state index contributed by atoms with van der Waals surface area (Å²) in [5.41, 5.74) is -1.44. The molecule has 0 bridgehead atoms. The summed E-state index contributed by atoms with van der Waals surface area (Å²) in [6.45, 7) is 15.0. The smallest absolute Gasteiger partial charge is 0.0865 e. The van der Waals surface area contributed by atoms with Gasteiger partial charge in [-0.2, -0.15) is 0 Å². The Labute approximate surface area is 212 Å². The van der Waals surface area contributed by atoms with Crippen molar-refractivity contribution in [3.63, 3.8) is 0 Å². The molecule has 0 aromatic rings. The van der Waals surface area contributed by atoms with Crippen LogP contribution in [0, 0.1) is 44.8 Å². The molecule has 1 aliphatic heterocycles. The lowest BCUT2D eigenvalue weighted by atomic mass is 9.41. The van der Waals surface area contributed by atoms with Gasteiger partial charge in [-0.05, 0) is 117 Å². The number of rotatable bonds is 2. The Morgan fingerprint density at radius 1 is 0.771 bits per heavy atom. The topological polar surface area (TPSA) is 90.2 Å². The summed E-state index contributed by atoms with van der Waals surface area (Å²) < 4.78 is 6.65. The van der Waals surface area contributed by atoms with Crippen LogP contribution in [0.5, 0.6) is 0 Å². The molecule has 1 heterocycles. The minimum absolute atomic E-state index is 0.00561. The van der Waals surface area contributed by atoms with E-state index >= 15 is 0 Å². The first-order chi connectivity index (χ1) is 16.0. The van der Waals surface area contributed by atoms with E-state index in [1.54, 1.807) is 0 Å². The van der Waals surface area contributed by atoms with Gasteiger partial charge in [0, 0.05) is 5.92 Å². The van der Waals surface area contributed by atoms with Crippen LogP contribution in [0.15, 0.2) is 0 Å². The molecule has 35 heavy (non-hydrogen) atoms. The van der Waals surface area contributed by atoms with Crippen LogP contribution in [0.25, 0.3) is 0 Å². The van der Waals surface area contributed by atoms with Gasteiger partial charge in [0.25, 0.3) is 0 Å². The molecule has 6 fully saturated rings. The van der Waals surface area contributed by atoms with E-state index in [-0.39, 0.29) is 51.1 Å². The average Bonchev–Trinajstić information content (AvgIpc) is 3.08. The van der Waals surface area contributed by atoms with Crippen LogP contribution < -0.4 is 0 Å². The summed E-state index contributed by atoms with van der Waals surface area (Å²) in [7, 11) is 0. The summed E-state index contributed by atoms with van der Waals surface area (Å²) >= 11 is 0. The zero-order valence-electron chi connectivity index (χ0n) is 23.1. The Kier molecular flexibility index (Phi) is 4.92. The largest absolute Gasteiger partial charge is 0.393 e. The normalized spacial score (nSPS) is 60.9. The molecule has 5 aliphatic carbocycles. The number of hydrogen-bond donors (Lipinski definition) is 4. The minimum atomic E-state index is -0.893. The van der Waals surface area contributed by atoms with E-state index < -0.39 is 23.4 Å². The number of aliphatic hydroxyl groups excluding tert-OH is 3. The first-order valence-electron chi connectivity index (χ1n) is 14.4. The van der Waals surface area contributed by atoms with Gasteiger partial charge in [0.05, 0.1) is 35.6 Å². The van der Waals surface area contributed by atoms with Gasteiger partial charge in [-0.1, -0.05) is 27.7 Å². The molecule has 1 saturated heterocycles. The first-order valence-corrected chi connectivity index (χ1v) is 14.4. The lowest BCUT2D eigenvalue weighted by Gasteiger charge is -2.64. The summed E-state index contributed by atoms with van der Waals surface area (Å²) in [5.74, 6) is 0.544. The Bertz CT molecular complexity index is 911. The van der Waals surface area contributed by atoms with Gasteiger partial charge in [0.1, 0.15) is 0 Å². The molecule has 5 saturated carbocycles. The van der Waals surface area contributed by atoms with Crippen molar-refractivity contribution in [2.24, 2.45) is 44.8 Å². The molecule has 0 aromatic heterocycles. The quantitative estimate of drug-likeness (QED) is 0.460. The summed E-state index contributed by atoms with van der Waals surface area (Å²) in [4.78, 5) is 0. The van der Waals surface area contributed by atoms with Crippen LogP contribution in [0.1, 0.15) is 106 Å². The first kappa shape index (κ1) is 25.1. The molecular formula is C30H50O5. The predicted molar refractivity (Wildman–Crippen MR) is 134 cm³/mol. The van der Waals surface area contributed by atoms with Crippen LogP contribution in [0.2, 0.25) is 0 Å². The van der Waals surface area contributed by atoms with E-state index in [0.29, 0.717) is 5.92 Å². The minimum Gasteiger partial charge on any atom is -0.393 e. The van der Waals surface area contributed by atoms with Crippen molar-refractivity contribution in [1.82, 2.24) is 0 Å². The number of ether oxygens (including phenoxy) is 1. The summed E-state index contributed by atoms with van der Waals surface area (Å²) in [5, 5.41) is 45.2. The third kappa shape index (κ3) is 2.78. The molecule has 6 aliphatic rings. The second kappa shape index (κ2) is 6.86. The maximum atomic E-state index is 11.9.